The van der Waals surface area contributed by atoms with Crippen molar-refractivity contribution in [3.8, 4) is 0 Å². The maximum Gasteiger partial charge on any atom is 0.0380 e. The Bertz CT molecular complexity index is 266. The van der Waals surface area contributed by atoms with Crippen LogP contribution in [0.15, 0.2) is 30.3 Å². The highest BCUT2D eigenvalue weighted by Crippen LogP contribution is 2.05. The van der Waals surface area contributed by atoms with Gasteiger partial charge in [0.05, 0.1) is 0 Å². The monoisotopic (exact) mass is 257 g/mol. The second-order valence-electron chi connectivity index (χ2n) is 3.69. The fourth-order valence-corrected chi connectivity index (χ4v) is 2.33. The highest BCUT2D eigenvalue weighted by atomic mass is 35.5. The Morgan fingerprint density at radius 1 is 1.31 bits per heavy atom. The van der Waals surface area contributed by atoms with Crippen molar-refractivity contribution in [2.45, 2.75) is 19.4 Å². The Balaban J connectivity index is 2.26. The van der Waals surface area contributed by atoms with E-state index in [1.807, 2.05) is 17.8 Å². The summed E-state index contributed by atoms with van der Waals surface area (Å²) in [5, 5.41) is 3.50. The number of rotatable bonds is 8. The lowest BCUT2D eigenvalue weighted by Crippen LogP contribution is -2.34. The average molecular weight is 258 g/mol. The molecule has 0 aliphatic rings. The number of alkyl halides is 1. The predicted molar refractivity (Wildman–Crippen MR) is 75.7 cm³/mol. The molecule has 0 aliphatic heterocycles. The van der Waals surface area contributed by atoms with Crippen LogP contribution in [-0.2, 0) is 6.42 Å². The molecule has 0 aliphatic carbocycles. The minimum Gasteiger partial charge on any atom is -0.312 e. The molecular weight excluding hydrogens is 238 g/mol. The zero-order valence-electron chi connectivity index (χ0n) is 9.79. The van der Waals surface area contributed by atoms with Crippen LogP contribution in [0, 0.1) is 0 Å². The zero-order chi connectivity index (χ0) is 11.6. The van der Waals surface area contributed by atoms with Gasteiger partial charge in [-0.15, -0.1) is 11.6 Å². The van der Waals surface area contributed by atoms with Crippen LogP contribution < -0.4 is 5.32 Å². The number of thioether (sulfide) groups is 1. The van der Waals surface area contributed by atoms with E-state index in [0.717, 1.165) is 13.0 Å². The molecule has 1 aromatic carbocycles. The summed E-state index contributed by atoms with van der Waals surface area (Å²) in [7, 11) is 0. The van der Waals surface area contributed by atoms with Crippen molar-refractivity contribution in [3.63, 3.8) is 0 Å². The molecule has 0 spiro atoms. The van der Waals surface area contributed by atoms with Gasteiger partial charge in [0.1, 0.15) is 0 Å². The van der Waals surface area contributed by atoms with Crippen LogP contribution >= 0.6 is 23.4 Å². The summed E-state index contributed by atoms with van der Waals surface area (Å²) < 4.78 is 0. The molecule has 0 fully saturated rings. The van der Waals surface area contributed by atoms with Crippen LogP contribution in [0.3, 0.4) is 0 Å². The van der Waals surface area contributed by atoms with Crippen LogP contribution in [0.25, 0.3) is 0 Å². The molecule has 0 aromatic heterocycles. The smallest absolute Gasteiger partial charge is 0.0380 e. The number of halogens is 1. The summed E-state index contributed by atoms with van der Waals surface area (Å²) in [6.45, 7) is 3.23. The topological polar surface area (TPSA) is 12.0 Å². The van der Waals surface area contributed by atoms with Gasteiger partial charge in [0.15, 0.2) is 0 Å². The van der Waals surface area contributed by atoms with Gasteiger partial charge in [0.25, 0.3) is 0 Å². The Morgan fingerprint density at radius 2 is 2.06 bits per heavy atom. The summed E-state index contributed by atoms with van der Waals surface area (Å²) >= 11 is 7.92. The van der Waals surface area contributed by atoms with E-state index in [9.17, 15) is 0 Å². The van der Waals surface area contributed by atoms with E-state index < -0.39 is 0 Å². The van der Waals surface area contributed by atoms with Gasteiger partial charge in [-0.25, -0.2) is 0 Å². The van der Waals surface area contributed by atoms with E-state index in [0.29, 0.717) is 11.9 Å². The molecule has 1 atom stereocenters. The van der Waals surface area contributed by atoms with Crippen LogP contribution in [-0.4, -0.2) is 30.0 Å². The number of benzene rings is 1. The molecule has 0 bridgehead atoms. The lowest BCUT2D eigenvalue weighted by molar-refractivity contribution is 0.573. The SMILES string of the molecule is CCSCCNC(CCl)Cc1ccccc1. The molecule has 1 aromatic rings. The molecule has 1 N–H and O–H groups in total. The van der Waals surface area contributed by atoms with E-state index >= 15 is 0 Å². The predicted octanol–water partition coefficient (Wildman–Crippen LogP) is 3.18. The Hall–Kier alpha value is -0.180. The first-order valence-electron chi connectivity index (χ1n) is 5.77. The van der Waals surface area contributed by atoms with Gasteiger partial charge in [0.2, 0.25) is 0 Å². The van der Waals surface area contributed by atoms with Crippen molar-refractivity contribution in [3.05, 3.63) is 35.9 Å². The van der Waals surface area contributed by atoms with Crippen molar-refractivity contribution in [1.82, 2.24) is 5.32 Å². The summed E-state index contributed by atoms with van der Waals surface area (Å²) in [5.41, 5.74) is 1.35. The first kappa shape index (κ1) is 13.9. The van der Waals surface area contributed by atoms with E-state index in [1.54, 1.807) is 0 Å². The second kappa shape index (κ2) is 8.91. The molecule has 0 saturated carbocycles. The number of hydrogen-bond donors (Lipinski definition) is 1. The molecule has 0 radical (unpaired) electrons. The minimum absolute atomic E-state index is 0.390. The summed E-state index contributed by atoms with van der Waals surface area (Å²) in [6.07, 6.45) is 1.02. The fraction of sp³-hybridized carbons (Fsp3) is 0.538. The van der Waals surface area contributed by atoms with Crippen LogP contribution in [0.5, 0.6) is 0 Å². The van der Waals surface area contributed by atoms with Gasteiger partial charge in [-0.2, -0.15) is 11.8 Å². The van der Waals surface area contributed by atoms with Gasteiger partial charge in [-0.1, -0.05) is 37.3 Å². The van der Waals surface area contributed by atoms with Crippen molar-refractivity contribution in [2.75, 3.05) is 23.9 Å². The third kappa shape index (κ3) is 5.78. The molecular formula is C13H20ClNS. The number of hydrogen-bond acceptors (Lipinski definition) is 2. The standard InChI is InChI=1S/C13H20ClNS/c1-2-16-9-8-15-13(11-14)10-12-6-4-3-5-7-12/h3-7,13,15H,2,8-11H2,1H3. The van der Waals surface area contributed by atoms with Gasteiger partial charge in [-0.3, -0.25) is 0 Å². The van der Waals surface area contributed by atoms with E-state index in [2.05, 4.69) is 36.5 Å². The third-order valence-electron chi connectivity index (χ3n) is 2.39. The first-order valence-corrected chi connectivity index (χ1v) is 7.46. The molecule has 1 unspecified atom stereocenters. The third-order valence-corrected chi connectivity index (χ3v) is 3.67. The van der Waals surface area contributed by atoms with Crippen LogP contribution in [0.1, 0.15) is 12.5 Å². The van der Waals surface area contributed by atoms with Crippen molar-refractivity contribution < 1.29 is 0 Å². The van der Waals surface area contributed by atoms with E-state index in [4.69, 9.17) is 11.6 Å². The normalized spacial score (nSPS) is 12.6. The molecule has 1 nitrogen and oxygen atoms in total. The largest absolute Gasteiger partial charge is 0.312 e. The van der Waals surface area contributed by atoms with Crippen molar-refractivity contribution in [2.24, 2.45) is 0 Å². The maximum absolute atomic E-state index is 5.96. The molecule has 1 rings (SSSR count). The van der Waals surface area contributed by atoms with Gasteiger partial charge < -0.3 is 5.32 Å². The molecule has 3 heteroatoms. The first-order chi connectivity index (χ1) is 7.86. The summed E-state index contributed by atoms with van der Waals surface area (Å²) in [4.78, 5) is 0. The maximum atomic E-state index is 5.96. The van der Waals surface area contributed by atoms with E-state index in [1.165, 1.54) is 17.1 Å². The summed E-state index contributed by atoms with van der Waals surface area (Å²) in [5.74, 6) is 3.02. The van der Waals surface area contributed by atoms with Crippen molar-refractivity contribution >= 4 is 23.4 Å². The Labute approximate surface area is 108 Å². The average Bonchev–Trinajstić information content (AvgIpc) is 2.34. The zero-order valence-corrected chi connectivity index (χ0v) is 11.4. The van der Waals surface area contributed by atoms with Gasteiger partial charge >= 0.3 is 0 Å². The van der Waals surface area contributed by atoms with Crippen LogP contribution in [0.2, 0.25) is 0 Å². The lowest BCUT2D eigenvalue weighted by atomic mass is 10.1. The van der Waals surface area contributed by atoms with Crippen molar-refractivity contribution in [1.29, 1.82) is 0 Å². The molecule has 90 valence electrons. The quantitative estimate of drug-likeness (QED) is 0.567. The molecule has 0 heterocycles. The lowest BCUT2D eigenvalue weighted by Gasteiger charge is -2.15. The Morgan fingerprint density at radius 3 is 2.69 bits per heavy atom. The molecule has 0 saturated heterocycles. The second-order valence-corrected chi connectivity index (χ2v) is 5.39. The highest BCUT2D eigenvalue weighted by molar-refractivity contribution is 7.99. The highest BCUT2D eigenvalue weighted by Gasteiger charge is 2.06. The number of nitrogens with one attached hydrogen (secondary N) is 1. The summed E-state index contributed by atoms with van der Waals surface area (Å²) in [6, 6.07) is 10.9. The molecule has 16 heavy (non-hydrogen) atoms. The van der Waals surface area contributed by atoms with Gasteiger partial charge in [-0.05, 0) is 17.7 Å². The van der Waals surface area contributed by atoms with Gasteiger partial charge in [0, 0.05) is 24.2 Å². The molecule has 0 amide bonds. The van der Waals surface area contributed by atoms with Crippen LogP contribution in [0.4, 0.5) is 0 Å². The minimum atomic E-state index is 0.390. The fourth-order valence-electron chi connectivity index (χ4n) is 1.56. The Kier molecular flexibility index (Phi) is 7.73. The van der Waals surface area contributed by atoms with E-state index in [-0.39, 0.29) is 0 Å².